The molecule has 1 N–H and O–H groups in total. The van der Waals surface area contributed by atoms with Crippen molar-refractivity contribution in [3.05, 3.63) is 65.7 Å². The molecule has 1 fully saturated rings. The molecule has 0 aromatic heterocycles. The van der Waals surface area contributed by atoms with Crippen molar-refractivity contribution in [2.24, 2.45) is 5.92 Å². The van der Waals surface area contributed by atoms with E-state index in [4.69, 9.17) is 4.74 Å². The minimum Gasteiger partial charge on any atom is -0.496 e. The van der Waals surface area contributed by atoms with Crippen LogP contribution < -0.4 is 10.1 Å². The first-order chi connectivity index (χ1) is 14.1. The number of amides is 2. The number of nitrogens with one attached hydrogen (secondary N) is 1. The topological polar surface area (TPSA) is 58.6 Å². The third-order valence-corrected chi connectivity index (χ3v) is 5.08. The second-order valence-electron chi connectivity index (χ2n) is 7.42. The van der Waals surface area contributed by atoms with Gasteiger partial charge in [0.25, 0.3) is 5.91 Å². The Bertz CT molecular complexity index is 877. The smallest absolute Gasteiger partial charge is 0.251 e. The molecule has 1 saturated heterocycles. The molecule has 1 aliphatic rings. The fourth-order valence-electron chi connectivity index (χ4n) is 3.54. The maximum absolute atomic E-state index is 13.1. The number of carbonyl (C=O) groups is 2. The van der Waals surface area contributed by atoms with Gasteiger partial charge in [0.05, 0.1) is 7.11 Å². The number of ether oxygens (including phenoxy) is 1. The van der Waals surface area contributed by atoms with Gasteiger partial charge in [-0.15, -0.1) is 0 Å². The summed E-state index contributed by atoms with van der Waals surface area (Å²) in [4.78, 5) is 26.8. The Kier molecular flexibility index (Phi) is 7.06. The molecular weight excluding hydrogens is 364 g/mol. The normalized spacial score (nSPS) is 15.3. The van der Waals surface area contributed by atoms with E-state index >= 15 is 0 Å². The number of nitrogens with zero attached hydrogens (tertiary/aromatic N) is 1. The van der Waals surface area contributed by atoms with Crippen molar-refractivity contribution in [2.45, 2.75) is 19.8 Å². The lowest BCUT2D eigenvalue weighted by atomic mass is 10.0. The SMILES string of the molecule is COc1ccccc1/C=C(/C(=O)NC[C@@H](C)CN1CCCC1=O)c1ccccc1. The van der Waals surface area contributed by atoms with Gasteiger partial charge in [0, 0.05) is 37.2 Å². The molecule has 2 aromatic carbocycles. The highest BCUT2D eigenvalue weighted by molar-refractivity contribution is 6.24. The van der Waals surface area contributed by atoms with Crippen LogP contribution in [0, 0.1) is 5.92 Å². The Morgan fingerprint density at radius 3 is 2.59 bits per heavy atom. The number of para-hydroxylation sites is 1. The second-order valence-corrected chi connectivity index (χ2v) is 7.42. The molecule has 0 bridgehead atoms. The van der Waals surface area contributed by atoms with Crippen LogP contribution >= 0.6 is 0 Å². The third kappa shape index (κ3) is 5.47. The highest BCUT2D eigenvalue weighted by Crippen LogP contribution is 2.25. The van der Waals surface area contributed by atoms with Crippen LogP contribution in [0.5, 0.6) is 5.75 Å². The van der Waals surface area contributed by atoms with Gasteiger partial charge in [0.1, 0.15) is 5.75 Å². The molecule has 152 valence electrons. The summed E-state index contributed by atoms with van der Waals surface area (Å²) >= 11 is 0. The highest BCUT2D eigenvalue weighted by Gasteiger charge is 2.22. The Morgan fingerprint density at radius 2 is 1.90 bits per heavy atom. The van der Waals surface area contributed by atoms with Crippen LogP contribution in [0.15, 0.2) is 54.6 Å². The van der Waals surface area contributed by atoms with Gasteiger partial charge in [-0.3, -0.25) is 9.59 Å². The lowest BCUT2D eigenvalue weighted by Gasteiger charge is -2.21. The van der Waals surface area contributed by atoms with Crippen LogP contribution in [0.4, 0.5) is 0 Å². The number of carbonyl (C=O) groups excluding carboxylic acids is 2. The molecule has 29 heavy (non-hydrogen) atoms. The molecule has 5 heteroatoms. The standard InChI is InChI=1S/C24H28N2O3/c1-18(17-26-14-8-13-23(26)27)16-25-24(28)21(19-9-4-3-5-10-19)15-20-11-6-7-12-22(20)29-2/h3-7,9-12,15,18H,8,13-14,16-17H2,1-2H3,(H,25,28)/b21-15+/t18-/m1/s1. The van der Waals surface area contributed by atoms with Gasteiger partial charge < -0.3 is 15.0 Å². The molecule has 0 unspecified atom stereocenters. The van der Waals surface area contributed by atoms with E-state index in [1.165, 1.54) is 0 Å². The van der Waals surface area contributed by atoms with Crippen LogP contribution in [-0.4, -0.2) is 43.5 Å². The van der Waals surface area contributed by atoms with E-state index in [1.807, 2.05) is 65.6 Å². The van der Waals surface area contributed by atoms with E-state index in [1.54, 1.807) is 7.11 Å². The molecule has 1 aliphatic heterocycles. The summed E-state index contributed by atoms with van der Waals surface area (Å²) in [6.07, 6.45) is 3.43. The largest absolute Gasteiger partial charge is 0.496 e. The van der Waals surface area contributed by atoms with Crippen molar-refractivity contribution in [2.75, 3.05) is 26.7 Å². The summed E-state index contributed by atoms with van der Waals surface area (Å²) in [5, 5.41) is 3.04. The lowest BCUT2D eigenvalue weighted by Crippen LogP contribution is -2.36. The van der Waals surface area contributed by atoms with Crippen LogP contribution in [0.2, 0.25) is 0 Å². The molecular formula is C24H28N2O3. The number of rotatable bonds is 8. The Morgan fingerprint density at radius 1 is 1.17 bits per heavy atom. The number of benzene rings is 2. The summed E-state index contributed by atoms with van der Waals surface area (Å²) < 4.78 is 5.43. The zero-order valence-electron chi connectivity index (χ0n) is 17.1. The summed E-state index contributed by atoms with van der Waals surface area (Å²) in [6.45, 7) is 4.06. The van der Waals surface area contributed by atoms with E-state index in [0.717, 1.165) is 29.8 Å². The second kappa shape index (κ2) is 9.92. The average molecular weight is 392 g/mol. The number of hydrogen-bond acceptors (Lipinski definition) is 3. The fourth-order valence-corrected chi connectivity index (χ4v) is 3.54. The minimum absolute atomic E-state index is 0.137. The zero-order valence-corrected chi connectivity index (χ0v) is 17.1. The number of methoxy groups -OCH3 is 1. The van der Waals surface area contributed by atoms with E-state index in [-0.39, 0.29) is 17.7 Å². The van der Waals surface area contributed by atoms with E-state index in [2.05, 4.69) is 12.2 Å². The highest BCUT2D eigenvalue weighted by atomic mass is 16.5. The van der Waals surface area contributed by atoms with Gasteiger partial charge in [0.15, 0.2) is 0 Å². The number of likely N-dealkylation sites (tertiary alicyclic amines) is 1. The van der Waals surface area contributed by atoms with Crippen LogP contribution in [-0.2, 0) is 9.59 Å². The van der Waals surface area contributed by atoms with Crippen molar-refractivity contribution in [3.63, 3.8) is 0 Å². The Balaban J connectivity index is 1.75. The minimum atomic E-state index is -0.137. The van der Waals surface area contributed by atoms with E-state index in [0.29, 0.717) is 25.1 Å². The van der Waals surface area contributed by atoms with Crippen LogP contribution in [0.25, 0.3) is 11.6 Å². The maximum Gasteiger partial charge on any atom is 0.251 e. The summed E-state index contributed by atoms with van der Waals surface area (Å²) in [5.41, 5.74) is 2.28. The molecule has 0 saturated carbocycles. The molecule has 0 aliphatic carbocycles. The summed E-state index contributed by atoms with van der Waals surface area (Å²) in [5.74, 6) is 0.977. The third-order valence-electron chi connectivity index (χ3n) is 5.08. The number of hydrogen-bond donors (Lipinski definition) is 1. The molecule has 2 aromatic rings. The van der Waals surface area contributed by atoms with Crippen LogP contribution in [0.3, 0.4) is 0 Å². The molecule has 1 heterocycles. The van der Waals surface area contributed by atoms with E-state index < -0.39 is 0 Å². The predicted octanol–water partition coefficient (Wildman–Crippen LogP) is 3.61. The maximum atomic E-state index is 13.1. The van der Waals surface area contributed by atoms with Crippen molar-refractivity contribution in [3.8, 4) is 5.75 Å². The molecule has 3 rings (SSSR count). The van der Waals surface area contributed by atoms with Crippen molar-refractivity contribution in [1.82, 2.24) is 10.2 Å². The Labute approximate surface area is 172 Å². The molecule has 5 nitrogen and oxygen atoms in total. The average Bonchev–Trinajstić information content (AvgIpc) is 3.15. The fraction of sp³-hybridized carbons (Fsp3) is 0.333. The lowest BCUT2D eigenvalue weighted by molar-refractivity contribution is -0.128. The van der Waals surface area contributed by atoms with Gasteiger partial charge in [-0.05, 0) is 30.0 Å². The molecule has 1 atom stereocenters. The summed E-state index contributed by atoms with van der Waals surface area (Å²) in [6, 6.07) is 17.2. The first-order valence-corrected chi connectivity index (χ1v) is 10.0. The summed E-state index contributed by atoms with van der Waals surface area (Å²) in [7, 11) is 1.62. The Hall–Kier alpha value is -3.08. The zero-order chi connectivity index (χ0) is 20.6. The first kappa shape index (κ1) is 20.6. The van der Waals surface area contributed by atoms with Crippen molar-refractivity contribution >= 4 is 23.5 Å². The monoisotopic (exact) mass is 392 g/mol. The van der Waals surface area contributed by atoms with Gasteiger partial charge in [-0.25, -0.2) is 0 Å². The predicted molar refractivity (Wildman–Crippen MR) is 115 cm³/mol. The first-order valence-electron chi connectivity index (χ1n) is 10.0. The van der Waals surface area contributed by atoms with Crippen molar-refractivity contribution < 1.29 is 14.3 Å². The van der Waals surface area contributed by atoms with Gasteiger partial charge in [0.2, 0.25) is 5.91 Å². The van der Waals surface area contributed by atoms with Gasteiger partial charge in [-0.1, -0.05) is 55.5 Å². The van der Waals surface area contributed by atoms with Gasteiger partial charge >= 0.3 is 0 Å². The quantitative estimate of drug-likeness (QED) is 0.551. The molecule has 0 spiro atoms. The van der Waals surface area contributed by atoms with Crippen molar-refractivity contribution in [1.29, 1.82) is 0 Å². The molecule has 0 radical (unpaired) electrons. The molecule has 2 amide bonds. The van der Waals surface area contributed by atoms with Crippen LogP contribution in [0.1, 0.15) is 30.9 Å². The van der Waals surface area contributed by atoms with E-state index in [9.17, 15) is 9.59 Å². The van der Waals surface area contributed by atoms with Gasteiger partial charge in [-0.2, -0.15) is 0 Å².